The third kappa shape index (κ3) is 5.60. The van der Waals surface area contributed by atoms with Crippen LogP contribution in [-0.2, 0) is 6.42 Å². The summed E-state index contributed by atoms with van der Waals surface area (Å²) in [5.41, 5.74) is 7.26. The molecule has 174 valence electrons. The van der Waals surface area contributed by atoms with Crippen LogP contribution in [-0.4, -0.2) is 57.6 Å². The summed E-state index contributed by atoms with van der Waals surface area (Å²) >= 11 is 0. The number of aliphatic hydroxyl groups is 1. The summed E-state index contributed by atoms with van der Waals surface area (Å²) in [6.45, 7) is 2.59. The summed E-state index contributed by atoms with van der Waals surface area (Å²) < 4.78 is 41.2. The number of halogens is 2. The van der Waals surface area contributed by atoms with Crippen LogP contribution in [0.15, 0.2) is 18.3 Å². The van der Waals surface area contributed by atoms with E-state index < -0.39 is 17.4 Å². The van der Waals surface area contributed by atoms with Crippen molar-refractivity contribution in [3.8, 4) is 11.8 Å². The van der Waals surface area contributed by atoms with Crippen LogP contribution in [0.1, 0.15) is 37.4 Å². The van der Waals surface area contributed by atoms with E-state index in [1.807, 2.05) is 6.92 Å². The van der Waals surface area contributed by atoms with E-state index in [4.69, 9.17) is 15.2 Å². The number of imidazole rings is 1. The van der Waals surface area contributed by atoms with Gasteiger partial charge < -0.3 is 25.6 Å². The molecule has 3 rings (SSSR count). The van der Waals surface area contributed by atoms with E-state index in [9.17, 15) is 13.9 Å². The molecule has 0 radical (unpaired) electrons. The maximum absolute atomic E-state index is 14.4. The van der Waals surface area contributed by atoms with E-state index in [2.05, 4.69) is 20.4 Å². The molecule has 3 aromatic rings. The first-order valence-electron chi connectivity index (χ1n) is 10.5. The predicted molar refractivity (Wildman–Crippen MR) is 115 cm³/mol. The Morgan fingerprint density at radius 3 is 2.66 bits per heavy atom. The minimum absolute atomic E-state index is 0.0233. The molecule has 0 unspecified atom stereocenters. The largest absolute Gasteiger partial charge is 0.486 e. The smallest absolute Gasteiger partial charge is 0.336 e. The molecule has 0 aliphatic heterocycles. The van der Waals surface area contributed by atoms with Crippen LogP contribution < -0.4 is 20.5 Å². The zero-order valence-electron chi connectivity index (χ0n) is 18.1. The molecule has 0 fully saturated rings. The van der Waals surface area contributed by atoms with Crippen LogP contribution in [0.4, 0.5) is 14.6 Å². The first-order chi connectivity index (χ1) is 15.5. The molecule has 1 aromatic carbocycles. The maximum Gasteiger partial charge on any atom is 0.336 e. The minimum atomic E-state index is -0.783. The van der Waals surface area contributed by atoms with Crippen molar-refractivity contribution in [2.24, 2.45) is 0 Å². The number of nitrogens with one attached hydrogen (secondary N) is 1. The fourth-order valence-corrected chi connectivity index (χ4v) is 3.29. The second kappa shape index (κ2) is 11.0. The Labute approximate surface area is 184 Å². The standard InChI is InChI=1S/C21H28F2N6O3/c1-3-4-15(5-7-30)32-21-27-19(24)20-26-12-14(29(20)28-21)9-13-10-16(22)18(17(23)11-13)31-8-6-25-2/h10-12,15,25,30H,3-9H2,1-2H3,(H2,24,27,28)/t15-/m1/s1. The molecule has 4 N–H and O–H groups in total. The Morgan fingerprint density at radius 2 is 2.00 bits per heavy atom. The van der Waals surface area contributed by atoms with Gasteiger partial charge in [0.25, 0.3) is 0 Å². The number of hydrogen-bond acceptors (Lipinski definition) is 8. The SMILES string of the molecule is CCC[C@H](CCO)Oc1nc(N)c2ncc(Cc3cc(F)c(OCCNC)c(F)c3)n2n1. The molecule has 2 aromatic heterocycles. The molecule has 9 nitrogen and oxygen atoms in total. The number of aromatic nitrogens is 4. The zero-order chi connectivity index (χ0) is 23.1. The molecule has 11 heteroatoms. The van der Waals surface area contributed by atoms with Gasteiger partial charge in [0.05, 0.1) is 11.9 Å². The van der Waals surface area contributed by atoms with Crippen molar-refractivity contribution in [3.63, 3.8) is 0 Å². The Morgan fingerprint density at radius 1 is 1.25 bits per heavy atom. The molecule has 0 saturated heterocycles. The number of benzene rings is 1. The molecule has 0 spiro atoms. The van der Waals surface area contributed by atoms with Crippen LogP contribution in [0.25, 0.3) is 5.65 Å². The van der Waals surface area contributed by atoms with Crippen LogP contribution in [0.5, 0.6) is 11.8 Å². The fraction of sp³-hybridized carbons (Fsp3) is 0.476. The summed E-state index contributed by atoms with van der Waals surface area (Å²) in [4.78, 5) is 8.36. The van der Waals surface area contributed by atoms with E-state index in [0.717, 1.165) is 12.8 Å². The van der Waals surface area contributed by atoms with Crippen LogP contribution in [0.2, 0.25) is 0 Å². The number of likely N-dealkylation sites (N-methyl/N-ethyl adjacent to an activating group) is 1. The normalized spacial score (nSPS) is 12.3. The number of aliphatic hydroxyl groups excluding tert-OH is 1. The molecular weight excluding hydrogens is 422 g/mol. The average molecular weight is 450 g/mol. The van der Waals surface area contributed by atoms with Gasteiger partial charge in [-0.25, -0.2) is 18.3 Å². The van der Waals surface area contributed by atoms with Crippen LogP contribution >= 0.6 is 0 Å². The second-order valence-electron chi connectivity index (χ2n) is 7.32. The minimum Gasteiger partial charge on any atom is -0.486 e. The van der Waals surface area contributed by atoms with Crippen molar-refractivity contribution in [2.75, 3.05) is 32.5 Å². The van der Waals surface area contributed by atoms with E-state index in [1.54, 1.807) is 7.05 Å². The van der Waals surface area contributed by atoms with Crippen molar-refractivity contribution in [1.29, 1.82) is 0 Å². The molecule has 0 aliphatic carbocycles. The molecule has 0 saturated carbocycles. The highest BCUT2D eigenvalue weighted by atomic mass is 19.1. The van der Waals surface area contributed by atoms with Gasteiger partial charge in [-0.3, -0.25) is 0 Å². The number of rotatable bonds is 12. The van der Waals surface area contributed by atoms with E-state index in [-0.39, 0.29) is 37.6 Å². The van der Waals surface area contributed by atoms with E-state index >= 15 is 0 Å². The second-order valence-corrected chi connectivity index (χ2v) is 7.32. The van der Waals surface area contributed by atoms with Gasteiger partial charge in [-0.1, -0.05) is 13.3 Å². The average Bonchev–Trinajstić information content (AvgIpc) is 3.13. The summed E-state index contributed by atoms with van der Waals surface area (Å²) in [6.07, 6.45) is 3.44. The van der Waals surface area contributed by atoms with Crippen LogP contribution in [0.3, 0.4) is 0 Å². The summed E-state index contributed by atoms with van der Waals surface area (Å²) in [5.74, 6) is -1.86. The molecule has 1 atom stereocenters. The first-order valence-corrected chi connectivity index (χ1v) is 10.5. The highest BCUT2D eigenvalue weighted by Crippen LogP contribution is 2.25. The monoisotopic (exact) mass is 450 g/mol. The Balaban J connectivity index is 1.85. The van der Waals surface area contributed by atoms with Crippen LogP contribution in [0, 0.1) is 11.6 Å². The Bertz CT molecular complexity index is 1020. The van der Waals surface area contributed by atoms with Gasteiger partial charge in [0, 0.05) is 26.0 Å². The molecule has 32 heavy (non-hydrogen) atoms. The lowest BCUT2D eigenvalue weighted by Crippen LogP contribution is -2.20. The van der Waals surface area contributed by atoms with Gasteiger partial charge in [0.15, 0.2) is 28.8 Å². The van der Waals surface area contributed by atoms with Gasteiger partial charge in [0.1, 0.15) is 12.7 Å². The number of ether oxygens (including phenoxy) is 2. The van der Waals surface area contributed by atoms with Crippen molar-refractivity contribution in [1.82, 2.24) is 24.9 Å². The number of nitrogen functional groups attached to an aromatic ring is 1. The zero-order valence-corrected chi connectivity index (χ0v) is 18.1. The molecule has 0 aliphatic rings. The molecule has 2 heterocycles. The van der Waals surface area contributed by atoms with Crippen molar-refractivity contribution in [3.05, 3.63) is 41.2 Å². The van der Waals surface area contributed by atoms with E-state index in [1.165, 1.54) is 22.8 Å². The quantitative estimate of drug-likeness (QED) is 0.359. The number of nitrogens with zero attached hydrogens (tertiary/aromatic N) is 4. The number of anilines is 1. The Kier molecular flexibility index (Phi) is 8.12. The number of nitrogens with two attached hydrogens (primary N) is 1. The lowest BCUT2D eigenvalue weighted by molar-refractivity contribution is 0.133. The number of fused-ring (bicyclic) bond motifs is 1. The topological polar surface area (TPSA) is 120 Å². The summed E-state index contributed by atoms with van der Waals surface area (Å²) in [5, 5.41) is 16.4. The van der Waals surface area contributed by atoms with Gasteiger partial charge in [-0.15, -0.1) is 5.10 Å². The molecule has 0 bridgehead atoms. The molecule has 0 amide bonds. The highest BCUT2D eigenvalue weighted by molar-refractivity contribution is 5.59. The molecular formula is C21H28F2N6O3. The lowest BCUT2D eigenvalue weighted by Gasteiger charge is -2.16. The summed E-state index contributed by atoms with van der Waals surface area (Å²) in [7, 11) is 1.72. The van der Waals surface area contributed by atoms with Gasteiger partial charge in [-0.05, 0) is 31.2 Å². The van der Waals surface area contributed by atoms with Crippen molar-refractivity contribution < 1.29 is 23.4 Å². The summed E-state index contributed by atoms with van der Waals surface area (Å²) in [6, 6.07) is 2.49. The third-order valence-corrected chi connectivity index (χ3v) is 4.81. The number of hydrogen-bond donors (Lipinski definition) is 3. The first kappa shape index (κ1) is 23.6. The fourth-order valence-electron chi connectivity index (χ4n) is 3.29. The maximum atomic E-state index is 14.4. The van der Waals surface area contributed by atoms with Crippen molar-refractivity contribution in [2.45, 2.75) is 38.7 Å². The van der Waals surface area contributed by atoms with Gasteiger partial charge in [0.2, 0.25) is 0 Å². The van der Waals surface area contributed by atoms with Crippen molar-refractivity contribution >= 4 is 11.5 Å². The highest BCUT2D eigenvalue weighted by Gasteiger charge is 2.18. The van der Waals surface area contributed by atoms with Gasteiger partial charge in [-0.2, -0.15) is 4.98 Å². The Hall–Kier alpha value is -3.05. The predicted octanol–water partition coefficient (Wildman–Crippen LogP) is 2.10. The lowest BCUT2D eigenvalue weighted by atomic mass is 10.1. The van der Waals surface area contributed by atoms with E-state index in [0.29, 0.717) is 29.9 Å². The van der Waals surface area contributed by atoms with Gasteiger partial charge >= 0.3 is 6.01 Å². The third-order valence-electron chi connectivity index (χ3n) is 4.81.